The SMILES string of the molecule is O=S(=O)(CCCF)Nc1cccc(-c2ccc3nc(-c4cnc5[nH]ccc5c4)nc(N4CCOCC4)c3n2)c1F. The number of alkyl halides is 1. The predicted molar refractivity (Wildman–Crippen MR) is 149 cm³/mol. The maximum Gasteiger partial charge on any atom is 0.232 e. The average molecular weight is 566 g/mol. The number of rotatable bonds is 8. The molecule has 0 spiro atoms. The van der Waals surface area contributed by atoms with Crippen molar-refractivity contribution >= 4 is 43.6 Å². The number of halogens is 2. The van der Waals surface area contributed by atoms with Gasteiger partial charge in [0.2, 0.25) is 10.0 Å². The van der Waals surface area contributed by atoms with Crippen LogP contribution in [0, 0.1) is 5.82 Å². The maximum atomic E-state index is 15.5. The van der Waals surface area contributed by atoms with Crippen LogP contribution in [0.2, 0.25) is 0 Å². The number of anilines is 2. The van der Waals surface area contributed by atoms with Crippen LogP contribution in [0.5, 0.6) is 0 Å². The molecule has 13 heteroatoms. The zero-order chi connectivity index (χ0) is 27.7. The molecule has 4 aromatic heterocycles. The highest BCUT2D eigenvalue weighted by atomic mass is 32.2. The van der Waals surface area contributed by atoms with Crippen LogP contribution in [-0.4, -0.2) is 72.1 Å². The molecule has 0 unspecified atom stereocenters. The Bertz CT molecular complexity index is 1810. The normalized spacial score (nSPS) is 14.2. The van der Waals surface area contributed by atoms with Crippen molar-refractivity contribution in [3.8, 4) is 22.6 Å². The summed E-state index contributed by atoms with van der Waals surface area (Å²) in [6, 6.07) is 11.6. The summed E-state index contributed by atoms with van der Waals surface area (Å²) >= 11 is 0. The van der Waals surface area contributed by atoms with E-state index in [0.29, 0.717) is 49.0 Å². The average Bonchev–Trinajstić information content (AvgIpc) is 3.45. The van der Waals surface area contributed by atoms with Gasteiger partial charge < -0.3 is 14.6 Å². The molecule has 0 amide bonds. The molecule has 0 aliphatic carbocycles. The third kappa shape index (κ3) is 5.17. The smallest absolute Gasteiger partial charge is 0.232 e. The molecule has 10 nitrogen and oxygen atoms in total. The van der Waals surface area contributed by atoms with Gasteiger partial charge in [0.05, 0.1) is 42.5 Å². The van der Waals surface area contributed by atoms with Gasteiger partial charge >= 0.3 is 0 Å². The third-order valence-corrected chi connectivity index (χ3v) is 7.94. The number of H-pyrrole nitrogens is 1. The molecule has 206 valence electrons. The summed E-state index contributed by atoms with van der Waals surface area (Å²) in [7, 11) is -3.91. The Balaban J connectivity index is 1.44. The van der Waals surface area contributed by atoms with Crippen molar-refractivity contribution in [2.75, 3.05) is 48.4 Å². The predicted octanol–water partition coefficient (Wildman–Crippen LogP) is 4.31. The first-order chi connectivity index (χ1) is 19.4. The molecule has 1 aliphatic rings. The van der Waals surface area contributed by atoms with Gasteiger partial charge in [-0.05, 0) is 42.8 Å². The minimum atomic E-state index is -3.91. The molecular formula is C27H25F2N7O3S. The Morgan fingerprint density at radius 1 is 1.07 bits per heavy atom. The van der Waals surface area contributed by atoms with Crippen molar-refractivity contribution < 1.29 is 21.9 Å². The number of aromatic amines is 1. The number of morpholine rings is 1. The van der Waals surface area contributed by atoms with Gasteiger partial charge in [0.25, 0.3) is 0 Å². The van der Waals surface area contributed by atoms with E-state index in [1.165, 1.54) is 18.2 Å². The monoisotopic (exact) mass is 565 g/mol. The van der Waals surface area contributed by atoms with Gasteiger partial charge in [0, 0.05) is 42.0 Å². The number of hydrogen-bond acceptors (Lipinski definition) is 8. The first-order valence-electron chi connectivity index (χ1n) is 12.7. The molecule has 1 fully saturated rings. The molecule has 0 bridgehead atoms. The fraction of sp³-hybridized carbons (Fsp3) is 0.259. The minimum absolute atomic E-state index is 0.103. The summed E-state index contributed by atoms with van der Waals surface area (Å²) in [5.41, 5.74) is 2.71. The van der Waals surface area contributed by atoms with E-state index in [9.17, 15) is 12.8 Å². The van der Waals surface area contributed by atoms with Gasteiger partial charge in [-0.1, -0.05) is 6.07 Å². The van der Waals surface area contributed by atoms with Crippen molar-refractivity contribution in [3.63, 3.8) is 0 Å². The molecule has 1 aliphatic heterocycles. The van der Waals surface area contributed by atoms with Crippen LogP contribution in [0.1, 0.15) is 6.42 Å². The lowest BCUT2D eigenvalue weighted by Crippen LogP contribution is -2.37. The lowest BCUT2D eigenvalue weighted by atomic mass is 10.1. The summed E-state index contributed by atoms with van der Waals surface area (Å²) in [4.78, 5) is 24.0. The Kier molecular flexibility index (Phi) is 6.98. The molecule has 6 rings (SSSR count). The highest BCUT2D eigenvalue weighted by Crippen LogP contribution is 2.32. The highest BCUT2D eigenvalue weighted by molar-refractivity contribution is 7.92. The molecule has 5 heterocycles. The number of hydrogen-bond donors (Lipinski definition) is 2. The summed E-state index contributed by atoms with van der Waals surface area (Å²) in [5.74, 6) is -0.163. The van der Waals surface area contributed by atoms with Crippen LogP contribution >= 0.6 is 0 Å². The second kappa shape index (κ2) is 10.7. The van der Waals surface area contributed by atoms with Crippen molar-refractivity contribution in [1.29, 1.82) is 0 Å². The number of aromatic nitrogens is 5. The zero-order valence-electron chi connectivity index (χ0n) is 21.3. The Labute approximate surface area is 228 Å². The summed E-state index contributed by atoms with van der Waals surface area (Å²) in [5, 5.41) is 0.929. The number of sulfonamides is 1. The molecule has 40 heavy (non-hydrogen) atoms. The van der Waals surface area contributed by atoms with Crippen molar-refractivity contribution in [2.24, 2.45) is 0 Å². The van der Waals surface area contributed by atoms with Crippen LogP contribution in [0.25, 0.3) is 44.7 Å². The van der Waals surface area contributed by atoms with Crippen molar-refractivity contribution in [2.45, 2.75) is 6.42 Å². The Morgan fingerprint density at radius 2 is 1.93 bits per heavy atom. The van der Waals surface area contributed by atoms with Gasteiger partial charge in [-0.25, -0.2) is 32.7 Å². The standard InChI is InChI=1S/C27H25F2N7O3S/c28-8-2-14-40(37,38)35-21-4-1-3-19(23(21)29)20-5-6-22-24(32-20)27(36-10-12-39-13-11-36)34-26(33-22)18-15-17-7-9-30-25(17)31-16-18/h1,3-7,9,15-16,35H,2,8,10-14H2,(H,30,31). The summed E-state index contributed by atoms with van der Waals surface area (Å²) in [6.07, 6.45) is 3.35. The first kappa shape index (κ1) is 26.0. The number of pyridine rings is 2. The van der Waals surface area contributed by atoms with Crippen molar-refractivity contribution in [1.82, 2.24) is 24.9 Å². The van der Waals surface area contributed by atoms with E-state index in [2.05, 4.69) is 19.6 Å². The third-order valence-electron chi connectivity index (χ3n) is 6.58. The first-order valence-corrected chi connectivity index (χ1v) is 14.4. The maximum absolute atomic E-state index is 15.5. The second-order valence-electron chi connectivity index (χ2n) is 9.30. The fourth-order valence-corrected chi connectivity index (χ4v) is 5.69. The molecule has 1 aromatic carbocycles. The van der Waals surface area contributed by atoms with Crippen LogP contribution in [-0.2, 0) is 14.8 Å². The topological polar surface area (TPSA) is 126 Å². The van der Waals surface area contributed by atoms with Gasteiger partial charge in [0.1, 0.15) is 11.2 Å². The highest BCUT2D eigenvalue weighted by Gasteiger charge is 2.22. The van der Waals surface area contributed by atoms with E-state index in [-0.39, 0.29) is 23.4 Å². The van der Waals surface area contributed by atoms with Gasteiger partial charge in [0.15, 0.2) is 17.5 Å². The van der Waals surface area contributed by atoms with Crippen LogP contribution < -0.4 is 9.62 Å². The van der Waals surface area contributed by atoms with Crippen LogP contribution in [0.3, 0.4) is 0 Å². The number of ether oxygens (including phenoxy) is 1. The van der Waals surface area contributed by atoms with E-state index in [4.69, 9.17) is 19.7 Å². The van der Waals surface area contributed by atoms with Gasteiger partial charge in [-0.15, -0.1) is 0 Å². The largest absolute Gasteiger partial charge is 0.378 e. The fourth-order valence-electron chi connectivity index (χ4n) is 4.61. The summed E-state index contributed by atoms with van der Waals surface area (Å²) in [6.45, 7) is 1.46. The zero-order valence-corrected chi connectivity index (χ0v) is 22.1. The lowest BCUT2D eigenvalue weighted by Gasteiger charge is -2.28. The molecule has 1 saturated heterocycles. The Morgan fingerprint density at radius 3 is 2.75 bits per heavy atom. The number of nitrogens with one attached hydrogen (secondary N) is 2. The molecule has 2 N–H and O–H groups in total. The second-order valence-corrected chi connectivity index (χ2v) is 11.1. The number of benzene rings is 1. The molecular weight excluding hydrogens is 540 g/mol. The van der Waals surface area contributed by atoms with Crippen molar-refractivity contribution in [3.05, 3.63) is 60.7 Å². The molecule has 5 aromatic rings. The van der Waals surface area contributed by atoms with E-state index in [1.54, 1.807) is 18.3 Å². The van der Waals surface area contributed by atoms with Crippen LogP contribution in [0.15, 0.2) is 54.9 Å². The van der Waals surface area contributed by atoms with E-state index in [1.807, 2.05) is 18.3 Å². The quantitative estimate of drug-likeness (QED) is 0.285. The molecule has 0 radical (unpaired) electrons. The van der Waals surface area contributed by atoms with E-state index < -0.39 is 28.3 Å². The molecule has 0 atom stereocenters. The number of nitrogens with zero attached hydrogens (tertiary/aromatic N) is 5. The van der Waals surface area contributed by atoms with Crippen LogP contribution in [0.4, 0.5) is 20.3 Å². The van der Waals surface area contributed by atoms with E-state index in [0.717, 1.165) is 16.6 Å². The van der Waals surface area contributed by atoms with E-state index >= 15 is 4.39 Å². The molecule has 0 saturated carbocycles. The summed E-state index contributed by atoms with van der Waals surface area (Å²) < 4.78 is 60.3. The lowest BCUT2D eigenvalue weighted by molar-refractivity contribution is 0.122. The Hall–Kier alpha value is -4.23. The number of fused-ring (bicyclic) bond motifs is 2. The van der Waals surface area contributed by atoms with Gasteiger partial charge in [-0.2, -0.15) is 0 Å². The van der Waals surface area contributed by atoms with Gasteiger partial charge in [-0.3, -0.25) is 9.11 Å². The minimum Gasteiger partial charge on any atom is -0.378 e.